The first-order valence-electron chi connectivity index (χ1n) is 8.10. The van der Waals surface area contributed by atoms with Crippen molar-refractivity contribution in [3.63, 3.8) is 0 Å². The summed E-state index contributed by atoms with van der Waals surface area (Å²) in [6.07, 6.45) is 0.694. The number of phenolic OH excluding ortho intramolecular Hbond substituents is 2. The van der Waals surface area contributed by atoms with Gasteiger partial charge in [0.05, 0.1) is 33.4 Å². The first-order valence-corrected chi connectivity index (χ1v) is 8.10. The van der Waals surface area contributed by atoms with Gasteiger partial charge in [0.1, 0.15) is 6.54 Å². The SMILES string of the molecule is COc1cccc(C[C@H]2C[NH+](C)Cc3c2ccc(OC)c3O)c1O. The summed E-state index contributed by atoms with van der Waals surface area (Å²) in [5.41, 5.74) is 2.92. The molecule has 0 spiro atoms. The number of fused-ring (bicyclic) bond motifs is 1. The van der Waals surface area contributed by atoms with Crippen LogP contribution >= 0.6 is 0 Å². The first kappa shape index (κ1) is 16.5. The maximum Gasteiger partial charge on any atom is 0.166 e. The first-order chi connectivity index (χ1) is 11.5. The van der Waals surface area contributed by atoms with Crippen LogP contribution in [0.5, 0.6) is 23.0 Å². The fourth-order valence-electron chi connectivity index (χ4n) is 3.61. The highest BCUT2D eigenvalue weighted by atomic mass is 16.5. The number of hydrogen-bond acceptors (Lipinski definition) is 4. The lowest BCUT2D eigenvalue weighted by Gasteiger charge is -2.30. The number of phenols is 2. The summed E-state index contributed by atoms with van der Waals surface area (Å²) < 4.78 is 10.4. The maximum atomic E-state index is 10.5. The van der Waals surface area contributed by atoms with Gasteiger partial charge in [-0.1, -0.05) is 18.2 Å². The average Bonchev–Trinajstić information content (AvgIpc) is 2.57. The molecule has 5 nitrogen and oxygen atoms in total. The Bertz CT molecular complexity index is 744. The number of quaternary nitrogens is 1. The van der Waals surface area contributed by atoms with E-state index < -0.39 is 0 Å². The zero-order valence-electron chi connectivity index (χ0n) is 14.3. The highest BCUT2D eigenvalue weighted by Gasteiger charge is 2.30. The third-order valence-electron chi connectivity index (χ3n) is 4.78. The van der Waals surface area contributed by atoms with Crippen molar-refractivity contribution in [1.82, 2.24) is 0 Å². The Labute approximate surface area is 142 Å². The van der Waals surface area contributed by atoms with Gasteiger partial charge in [0.15, 0.2) is 23.0 Å². The number of ether oxygens (including phenoxy) is 2. The molecule has 0 saturated carbocycles. The Morgan fingerprint density at radius 1 is 1.04 bits per heavy atom. The van der Waals surface area contributed by atoms with Crippen LogP contribution in [0, 0.1) is 0 Å². The van der Waals surface area contributed by atoms with Crippen molar-refractivity contribution < 1.29 is 24.6 Å². The van der Waals surface area contributed by atoms with E-state index in [4.69, 9.17) is 9.47 Å². The van der Waals surface area contributed by atoms with Crippen LogP contribution in [0.2, 0.25) is 0 Å². The summed E-state index contributed by atoms with van der Waals surface area (Å²) in [5.74, 6) is 1.63. The normalized spacial score (nSPS) is 19.6. The molecule has 0 fully saturated rings. The summed E-state index contributed by atoms with van der Waals surface area (Å²) in [4.78, 5) is 1.32. The molecule has 3 rings (SSSR count). The lowest BCUT2D eigenvalue weighted by Crippen LogP contribution is -3.09. The average molecular weight is 330 g/mol. The van der Waals surface area contributed by atoms with Gasteiger partial charge in [0.25, 0.3) is 0 Å². The van der Waals surface area contributed by atoms with Gasteiger partial charge in [0, 0.05) is 5.92 Å². The van der Waals surface area contributed by atoms with E-state index in [-0.39, 0.29) is 17.4 Å². The molecule has 0 bridgehead atoms. The van der Waals surface area contributed by atoms with Crippen molar-refractivity contribution in [1.29, 1.82) is 0 Å². The van der Waals surface area contributed by atoms with Gasteiger partial charge in [-0.3, -0.25) is 0 Å². The number of rotatable bonds is 4. The maximum absolute atomic E-state index is 10.5. The molecule has 5 heteroatoms. The van der Waals surface area contributed by atoms with E-state index >= 15 is 0 Å². The number of methoxy groups -OCH3 is 2. The Hall–Kier alpha value is -2.40. The molecule has 0 aliphatic carbocycles. The molecule has 1 heterocycles. The van der Waals surface area contributed by atoms with Crippen molar-refractivity contribution in [3.05, 3.63) is 47.0 Å². The molecule has 2 atom stereocenters. The minimum atomic E-state index is 0.197. The molecule has 0 radical (unpaired) electrons. The standard InChI is InChI=1S/C19H23NO4/c1-20-10-13(9-12-5-4-6-16(23-2)18(12)21)14-7-8-17(24-3)19(22)15(14)11-20/h4-8,13,21-22H,9-11H2,1-3H3/p+1/t13-/m0/s1. The highest BCUT2D eigenvalue weighted by molar-refractivity contribution is 5.52. The quantitative estimate of drug-likeness (QED) is 0.794. The Balaban J connectivity index is 1.98. The lowest BCUT2D eigenvalue weighted by atomic mass is 9.84. The minimum absolute atomic E-state index is 0.197. The summed E-state index contributed by atoms with van der Waals surface area (Å²) in [7, 11) is 5.23. The third kappa shape index (κ3) is 2.87. The number of aromatic hydroxyl groups is 2. The van der Waals surface area contributed by atoms with E-state index in [2.05, 4.69) is 7.05 Å². The van der Waals surface area contributed by atoms with Crippen LogP contribution in [0.1, 0.15) is 22.6 Å². The molecule has 1 unspecified atom stereocenters. The van der Waals surface area contributed by atoms with Crippen LogP contribution in [0.3, 0.4) is 0 Å². The highest BCUT2D eigenvalue weighted by Crippen LogP contribution is 2.39. The monoisotopic (exact) mass is 330 g/mol. The second-order valence-corrected chi connectivity index (χ2v) is 6.39. The van der Waals surface area contributed by atoms with Gasteiger partial charge in [0.2, 0.25) is 0 Å². The predicted molar refractivity (Wildman–Crippen MR) is 91.2 cm³/mol. The zero-order valence-corrected chi connectivity index (χ0v) is 14.3. The van der Waals surface area contributed by atoms with Gasteiger partial charge in [-0.2, -0.15) is 0 Å². The van der Waals surface area contributed by atoms with Crippen molar-refractivity contribution in [3.8, 4) is 23.0 Å². The molecule has 128 valence electrons. The van der Waals surface area contributed by atoms with Crippen LogP contribution in [0.15, 0.2) is 30.3 Å². The molecule has 1 aliphatic rings. The van der Waals surface area contributed by atoms with Crippen LogP contribution in [-0.4, -0.2) is 38.0 Å². The van der Waals surface area contributed by atoms with Gasteiger partial charge in [-0.25, -0.2) is 0 Å². The molecule has 2 aromatic carbocycles. The van der Waals surface area contributed by atoms with Crippen molar-refractivity contribution in [2.24, 2.45) is 0 Å². The van der Waals surface area contributed by atoms with Gasteiger partial charge in [-0.05, 0) is 29.7 Å². The van der Waals surface area contributed by atoms with Gasteiger partial charge >= 0.3 is 0 Å². The molecular weight excluding hydrogens is 306 g/mol. The smallest absolute Gasteiger partial charge is 0.166 e. The number of nitrogens with one attached hydrogen (secondary N) is 1. The molecule has 24 heavy (non-hydrogen) atoms. The molecule has 2 aromatic rings. The van der Waals surface area contributed by atoms with Gasteiger partial charge in [-0.15, -0.1) is 0 Å². The van der Waals surface area contributed by atoms with Crippen molar-refractivity contribution in [2.75, 3.05) is 27.8 Å². The largest absolute Gasteiger partial charge is 0.504 e. The fourth-order valence-corrected chi connectivity index (χ4v) is 3.61. The van der Waals surface area contributed by atoms with Crippen LogP contribution in [0.4, 0.5) is 0 Å². The van der Waals surface area contributed by atoms with E-state index in [1.807, 2.05) is 24.3 Å². The number of hydrogen-bond donors (Lipinski definition) is 3. The third-order valence-corrected chi connectivity index (χ3v) is 4.78. The van der Waals surface area contributed by atoms with E-state index in [0.29, 0.717) is 17.9 Å². The molecule has 3 N–H and O–H groups in total. The van der Waals surface area contributed by atoms with Crippen LogP contribution < -0.4 is 14.4 Å². The summed E-state index contributed by atoms with van der Waals surface area (Å²) >= 11 is 0. The molecule has 0 saturated heterocycles. The minimum Gasteiger partial charge on any atom is -0.504 e. The number of likely N-dealkylation sites (N-methyl/N-ethyl adjacent to an activating group) is 1. The summed E-state index contributed by atoms with van der Waals surface area (Å²) in [6, 6.07) is 9.40. The number of benzene rings is 2. The van der Waals surface area contributed by atoms with Gasteiger partial charge < -0.3 is 24.6 Å². The molecule has 1 aliphatic heterocycles. The summed E-state index contributed by atoms with van der Waals surface area (Å²) in [5, 5.41) is 20.8. The van der Waals surface area contributed by atoms with Crippen molar-refractivity contribution in [2.45, 2.75) is 18.9 Å². The topological polar surface area (TPSA) is 63.4 Å². The molecule has 0 aromatic heterocycles. The molecule has 0 amide bonds. The molecular formula is C19H24NO4+. The Morgan fingerprint density at radius 2 is 1.75 bits per heavy atom. The van der Waals surface area contributed by atoms with E-state index in [1.54, 1.807) is 20.3 Å². The predicted octanol–water partition coefficient (Wildman–Crippen LogP) is 1.47. The lowest BCUT2D eigenvalue weighted by molar-refractivity contribution is -0.897. The Kier molecular flexibility index (Phi) is 4.53. The van der Waals surface area contributed by atoms with Crippen molar-refractivity contribution >= 4 is 0 Å². The van der Waals surface area contributed by atoms with E-state index in [9.17, 15) is 10.2 Å². The second-order valence-electron chi connectivity index (χ2n) is 6.39. The Morgan fingerprint density at radius 3 is 2.46 bits per heavy atom. The summed E-state index contributed by atoms with van der Waals surface area (Å²) in [6.45, 7) is 1.70. The number of para-hydroxylation sites is 1. The van der Waals surface area contributed by atoms with Crippen LogP contribution in [-0.2, 0) is 13.0 Å². The van der Waals surface area contributed by atoms with Crippen LogP contribution in [0.25, 0.3) is 0 Å². The van der Waals surface area contributed by atoms with E-state index in [1.165, 1.54) is 4.90 Å². The second kappa shape index (κ2) is 6.61. The zero-order chi connectivity index (χ0) is 17.3. The van der Waals surface area contributed by atoms with E-state index in [0.717, 1.165) is 29.8 Å². The fraction of sp³-hybridized carbons (Fsp3) is 0.368.